The van der Waals surface area contributed by atoms with Crippen molar-refractivity contribution >= 4 is 34.3 Å². The number of unbranched alkanes of at least 4 members (excludes halogenated alkanes) is 1. The van der Waals surface area contributed by atoms with Gasteiger partial charge in [-0.1, -0.05) is 55.4 Å². The van der Waals surface area contributed by atoms with Gasteiger partial charge >= 0.3 is 0 Å². The van der Waals surface area contributed by atoms with E-state index in [2.05, 4.69) is 22.4 Å². The average Bonchev–Trinajstić information content (AvgIpc) is 3.25. The highest BCUT2D eigenvalue weighted by Gasteiger charge is 2.17. The standard InChI is InChI=1S/C23H25N5O3S/c1-3-4-13-27-21(30)17-10-6-7-11-18(17)28-22(27)25-26-23(28)32-15-20(29)24-14-16-9-5-8-12-19(16)31-2/h5-12H,3-4,13-15H2,1-2H3,(H,24,29). The number of methoxy groups -OCH3 is 1. The lowest BCUT2D eigenvalue weighted by molar-refractivity contribution is -0.118. The van der Waals surface area contributed by atoms with Crippen LogP contribution in [0.1, 0.15) is 25.3 Å². The van der Waals surface area contributed by atoms with E-state index in [0.717, 1.165) is 29.7 Å². The van der Waals surface area contributed by atoms with Crippen molar-refractivity contribution in [3.63, 3.8) is 0 Å². The number of carbonyl (C=O) groups excluding carboxylic acids is 1. The fourth-order valence-corrected chi connectivity index (χ4v) is 4.34. The molecule has 0 saturated heterocycles. The number of fused-ring (bicyclic) bond motifs is 3. The van der Waals surface area contributed by atoms with E-state index in [4.69, 9.17) is 4.74 Å². The quantitative estimate of drug-likeness (QED) is 0.393. The molecule has 1 N–H and O–H groups in total. The van der Waals surface area contributed by atoms with Crippen LogP contribution in [-0.4, -0.2) is 37.9 Å². The van der Waals surface area contributed by atoms with Crippen molar-refractivity contribution in [3.8, 4) is 5.75 Å². The molecule has 0 radical (unpaired) electrons. The summed E-state index contributed by atoms with van der Waals surface area (Å²) in [5.41, 5.74) is 1.58. The van der Waals surface area contributed by atoms with Crippen molar-refractivity contribution in [2.45, 2.75) is 38.0 Å². The molecule has 0 spiro atoms. The van der Waals surface area contributed by atoms with E-state index >= 15 is 0 Å². The lowest BCUT2D eigenvalue weighted by Crippen LogP contribution is -2.25. The molecular formula is C23H25N5O3S. The van der Waals surface area contributed by atoms with Crippen LogP contribution in [0.25, 0.3) is 16.7 Å². The molecule has 2 aromatic heterocycles. The Morgan fingerprint density at radius 1 is 1.12 bits per heavy atom. The van der Waals surface area contributed by atoms with Crippen molar-refractivity contribution in [2.24, 2.45) is 0 Å². The molecule has 0 aliphatic carbocycles. The summed E-state index contributed by atoms with van der Waals surface area (Å²) >= 11 is 1.29. The number of carbonyl (C=O) groups is 1. The molecule has 2 aromatic carbocycles. The predicted octanol–water partition coefficient (Wildman–Crippen LogP) is 3.26. The maximum Gasteiger partial charge on any atom is 0.262 e. The van der Waals surface area contributed by atoms with Gasteiger partial charge < -0.3 is 10.1 Å². The zero-order chi connectivity index (χ0) is 22.5. The van der Waals surface area contributed by atoms with E-state index < -0.39 is 0 Å². The minimum atomic E-state index is -0.124. The van der Waals surface area contributed by atoms with Crippen molar-refractivity contribution in [1.82, 2.24) is 24.5 Å². The maximum atomic E-state index is 13.0. The molecule has 8 nitrogen and oxygen atoms in total. The largest absolute Gasteiger partial charge is 0.496 e. The number of nitrogens with one attached hydrogen (secondary N) is 1. The fraction of sp³-hybridized carbons (Fsp3) is 0.304. The highest BCUT2D eigenvalue weighted by atomic mass is 32.2. The van der Waals surface area contributed by atoms with E-state index in [1.54, 1.807) is 11.7 Å². The number of amides is 1. The summed E-state index contributed by atoms with van der Waals surface area (Å²) in [6.45, 7) is 3.04. The van der Waals surface area contributed by atoms with E-state index in [1.807, 2.05) is 52.9 Å². The second-order valence-electron chi connectivity index (χ2n) is 7.32. The van der Waals surface area contributed by atoms with Gasteiger partial charge in [0.05, 0.1) is 23.8 Å². The molecule has 0 saturated carbocycles. The van der Waals surface area contributed by atoms with Crippen LogP contribution in [0.15, 0.2) is 58.5 Å². The molecule has 4 rings (SSSR count). The fourth-order valence-electron chi connectivity index (χ4n) is 3.57. The molecule has 0 aliphatic rings. The zero-order valence-electron chi connectivity index (χ0n) is 18.1. The van der Waals surface area contributed by atoms with E-state index in [-0.39, 0.29) is 17.2 Å². The summed E-state index contributed by atoms with van der Waals surface area (Å²) in [7, 11) is 1.61. The Bertz CT molecular complexity index is 1310. The van der Waals surface area contributed by atoms with Crippen LogP contribution in [0.2, 0.25) is 0 Å². The van der Waals surface area contributed by atoms with Gasteiger partial charge in [-0.3, -0.25) is 18.6 Å². The monoisotopic (exact) mass is 451 g/mol. The number of aromatic nitrogens is 4. The minimum absolute atomic E-state index is 0.0694. The number of hydrogen-bond acceptors (Lipinski definition) is 6. The molecule has 4 aromatic rings. The van der Waals surface area contributed by atoms with E-state index in [0.29, 0.717) is 29.4 Å². The third kappa shape index (κ3) is 4.34. The Balaban J connectivity index is 1.56. The first-order valence-corrected chi connectivity index (χ1v) is 11.5. The number of rotatable bonds is 9. The Labute approximate surface area is 189 Å². The van der Waals surface area contributed by atoms with Gasteiger partial charge in [0.1, 0.15) is 5.75 Å². The zero-order valence-corrected chi connectivity index (χ0v) is 18.9. The summed E-state index contributed by atoms with van der Waals surface area (Å²) in [6.07, 6.45) is 1.84. The Kier molecular flexibility index (Phi) is 6.75. The smallest absolute Gasteiger partial charge is 0.262 e. The second kappa shape index (κ2) is 9.86. The van der Waals surface area contributed by atoms with Gasteiger partial charge in [0, 0.05) is 18.7 Å². The van der Waals surface area contributed by atoms with Crippen LogP contribution in [0.4, 0.5) is 0 Å². The number of hydrogen-bond donors (Lipinski definition) is 1. The van der Waals surface area contributed by atoms with Gasteiger partial charge in [0.2, 0.25) is 11.7 Å². The van der Waals surface area contributed by atoms with Crippen molar-refractivity contribution < 1.29 is 9.53 Å². The Hall–Kier alpha value is -3.33. The van der Waals surface area contributed by atoms with E-state index in [9.17, 15) is 9.59 Å². The summed E-state index contributed by atoms with van der Waals surface area (Å²) in [5, 5.41) is 12.7. The third-order valence-corrected chi connectivity index (χ3v) is 6.14. The van der Waals surface area contributed by atoms with Crippen LogP contribution < -0.4 is 15.6 Å². The lowest BCUT2D eigenvalue weighted by atomic mass is 10.2. The summed E-state index contributed by atoms with van der Waals surface area (Å²) < 4.78 is 8.87. The molecule has 0 aliphatic heterocycles. The van der Waals surface area contributed by atoms with Crippen molar-refractivity contribution in [1.29, 1.82) is 0 Å². The number of aryl methyl sites for hydroxylation is 1. The lowest BCUT2D eigenvalue weighted by Gasteiger charge is -2.11. The number of ether oxygens (including phenoxy) is 1. The molecule has 0 unspecified atom stereocenters. The molecular weight excluding hydrogens is 426 g/mol. The highest BCUT2D eigenvalue weighted by Crippen LogP contribution is 2.22. The molecule has 0 atom stereocenters. The molecule has 32 heavy (non-hydrogen) atoms. The Morgan fingerprint density at radius 3 is 2.72 bits per heavy atom. The van der Waals surface area contributed by atoms with Crippen LogP contribution in [0, 0.1) is 0 Å². The third-order valence-electron chi connectivity index (χ3n) is 5.21. The van der Waals surface area contributed by atoms with Gasteiger partial charge in [0.15, 0.2) is 5.16 Å². The normalized spacial score (nSPS) is 11.2. The first-order chi connectivity index (χ1) is 15.6. The molecule has 9 heteroatoms. The summed E-state index contributed by atoms with van der Waals surface area (Å²) in [6, 6.07) is 15.0. The predicted molar refractivity (Wildman–Crippen MR) is 125 cm³/mol. The van der Waals surface area contributed by atoms with Gasteiger partial charge in [-0.2, -0.15) is 0 Å². The number of para-hydroxylation sites is 2. The first-order valence-electron chi connectivity index (χ1n) is 10.5. The number of nitrogens with zero attached hydrogens (tertiary/aromatic N) is 4. The van der Waals surface area contributed by atoms with Crippen molar-refractivity contribution in [3.05, 3.63) is 64.4 Å². The second-order valence-corrected chi connectivity index (χ2v) is 8.27. The molecule has 166 valence electrons. The van der Waals surface area contributed by atoms with Gasteiger partial charge in [-0.15, -0.1) is 10.2 Å². The summed E-state index contributed by atoms with van der Waals surface area (Å²) in [4.78, 5) is 25.5. The Morgan fingerprint density at radius 2 is 1.91 bits per heavy atom. The van der Waals surface area contributed by atoms with Crippen molar-refractivity contribution in [2.75, 3.05) is 12.9 Å². The molecule has 2 heterocycles. The van der Waals surface area contributed by atoms with Crippen LogP contribution in [-0.2, 0) is 17.9 Å². The van der Waals surface area contributed by atoms with Gasteiger partial charge in [0.25, 0.3) is 5.56 Å². The molecule has 0 bridgehead atoms. The number of benzene rings is 2. The van der Waals surface area contributed by atoms with Gasteiger partial charge in [-0.25, -0.2) is 0 Å². The summed E-state index contributed by atoms with van der Waals surface area (Å²) in [5.74, 6) is 1.29. The minimum Gasteiger partial charge on any atom is -0.496 e. The highest BCUT2D eigenvalue weighted by molar-refractivity contribution is 7.99. The molecule has 1 amide bonds. The maximum absolute atomic E-state index is 13.0. The average molecular weight is 452 g/mol. The van der Waals surface area contributed by atoms with Gasteiger partial charge in [-0.05, 0) is 24.6 Å². The van der Waals surface area contributed by atoms with Crippen LogP contribution in [0.5, 0.6) is 5.75 Å². The number of thioether (sulfide) groups is 1. The first kappa shape index (κ1) is 21.9. The van der Waals surface area contributed by atoms with Crippen LogP contribution in [0.3, 0.4) is 0 Å². The topological polar surface area (TPSA) is 90.5 Å². The van der Waals surface area contributed by atoms with E-state index in [1.165, 1.54) is 11.8 Å². The SMILES string of the molecule is CCCCn1c(=O)c2ccccc2n2c(SCC(=O)NCc3ccccc3OC)nnc12. The molecule has 0 fully saturated rings. The van der Waals surface area contributed by atoms with Crippen LogP contribution >= 0.6 is 11.8 Å².